The molecular formula is C21H22B2ClN5O10S2. The van der Waals surface area contributed by atoms with Crippen LogP contribution in [0, 0.1) is 0 Å². The summed E-state index contributed by atoms with van der Waals surface area (Å²) in [6.45, 7) is 4.97. The van der Waals surface area contributed by atoms with Gasteiger partial charge in [0.2, 0.25) is 6.10 Å². The van der Waals surface area contributed by atoms with E-state index in [1.165, 1.54) is 16.5 Å². The summed E-state index contributed by atoms with van der Waals surface area (Å²) >= 11 is 6.69. The van der Waals surface area contributed by atoms with Crippen LogP contribution in [0.25, 0.3) is 0 Å². The van der Waals surface area contributed by atoms with Crippen LogP contribution in [0.1, 0.15) is 32.9 Å². The average molecular weight is 626 g/mol. The number of aromatic nitrogens is 1. The number of fused-ring (bicyclic) bond motifs is 1. The first kappa shape index (κ1) is 32.1. The fourth-order valence-corrected chi connectivity index (χ4v) is 5.99. The molecule has 3 rings (SSSR count). The predicted molar refractivity (Wildman–Crippen MR) is 146 cm³/mol. The molecule has 2 N–H and O–H groups in total. The Kier molecular flexibility index (Phi) is 10.5. The van der Waals surface area contributed by atoms with E-state index in [9.17, 15) is 28.2 Å². The number of hydrogen-bond donors (Lipinski definition) is 2. The minimum absolute atomic E-state index is 0.00241. The number of amides is 3. The van der Waals surface area contributed by atoms with Gasteiger partial charge in [-0.15, -0.1) is 22.9 Å². The first-order valence-electron chi connectivity index (χ1n) is 11.5. The average Bonchev–Trinajstić information content (AvgIpc) is 3.36. The van der Waals surface area contributed by atoms with Crippen molar-refractivity contribution in [2.24, 2.45) is 5.16 Å². The highest BCUT2D eigenvalue weighted by molar-refractivity contribution is 7.86. The molecule has 2 aliphatic rings. The Morgan fingerprint density at radius 2 is 2.00 bits per heavy atom. The van der Waals surface area contributed by atoms with Gasteiger partial charge in [0, 0.05) is 23.2 Å². The molecule has 41 heavy (non-hydrogen) atoms. The van der Waals surface area contributed by atoms with Crippen molar-refractivity contribution >= 4 is 90.5 Å². The summed E-state index contributed by atoms with van der Waals surface area (Å²) in [5.41, 5.74) is -0.961. The zero-order valence-corrected chi connectivity index (χ0v) is 24.2. The number of nitrogens with one attached hydrogen (secondary N) is 2. The lowest BCUT2D eigenvalue weighted by molar-refractivity contribution is -0.153. The smallest absolute Gasteiger partial charge is 0.413 e. The second-order valence-electron chi connectivity index (χ2n) is 9.36. The summed E-state index contributed by atoms with van der Waals surface area (Å²) in [5, 5.41) is 8.93. The minimum atomic E-state index is -1.79. The molecule has 0 bridgehead atoms. The van der Waals surface area contributed by atoms with Crippen LogP contribution < -0.4 is 10.6 Å². The highest BCUT2D eigenvalue weighted by Crippen LogP contribution is 2.30. The van der Waals surface area contributed by atoms with Gasteiger partial charge >= 0.3 is 28.2 Å². The molecular weight excluding hydrogens is 603 g/mol. The zero-order valence-electron chi connectivity index (χ0n) is 21.8. The van der Waals surface area contributed by atoms with Crippen molar-refractivity contribution in [2.75, 3.05) is 16.9 Å². The third-order valence-corrected chi connectivity index (χ3v) is 7.95. The van der Waals surface area contributed by atoms with E-state index in [4.69, 9.17) is 37.3 Å². The number of carbonyl (C=O) groups is 5. The number of anilines is 1. The van der Waals surface area contributed by atoms with E-state index in [1.807, 2.05) is 0 Å². The van der Waals surface area contributed by atoms with Crippen molar-refractivity contribution in [3.63, 3.8) is 0 Å². The summed E-state index contributed by atoms with van der Waals surface area (Å²) in [4.78, 5) is 72.1. The van der Waals surface area contributed by atoms with Gasteiger partial charge in [-0.1, -0.05) is 5.16 Å². The van der Waals surface area contributed by atoms with Crippen LogP contribution in [0.2, 0.25) is 0 Å². The highest BCUT2D eigenvalue weighted by Gasteiger charge is 2.53. The van der Waals surface area contributed by atoms with E-state index in [0.29, 0.717) is 5.57 Å². The van der Waals surface area contributed by atoms with E-state index in [2.05, 4.69) is 30.1 Å². The predicted octanol–water partition coefficient (Wildman–Crippen LogP) is -0.239. The van der Waals surface area contributed by atoms with Gasteiger partial charge in [0.1, 0.15) is 22.7 Å². The Labute approximate surface area is 247 Å². The van der Waals surface area contributed by atoms with E-state index in [-0.39, 0.29) is 22.5 Å². The van der Waals surface area contributed by atoms with Crippen LogP contribution in [0.5, 0.6) is 0 Å². The molecule has 4 radical (unpaired) electrons. The summed E-state index contributed by atoms with van der Waals surface area (Å²) < 4.78 is 26.0. The molecule has 0 spiro atoms. The second kappa shape index (κ2) is 13.5. The SMILES string of the molecule is [B]OC(=O)C[C@H](O/N=C(\C(=O)N[C@@H]1C(=O)N2C=C(CCl)CS(=O)[C@H]12)c1csc(NC(=O)OC(C)(C)C)n1)C(=O)O[B]. The third-order valence-electron chi connectivity index (χ3n) is 5.16. The standard InChI is InChI=1S/C21H22B2ClN5O10S2/c1-21(2,3)36-20(34)27-19-25-10(7-40-19)13(28-39-11(18(33)38-23)4-12(30)37-22)15(31)26-14-16(32)29-6-9(5-24)8-41(35)17(14)29/h6-7,11,14,17H,4-5,8H2,1-3H3,(H,26,31)(H,25,27,34)/b28-13-/t11-,14+,17+,41?/m0/s1. The van der Waals surface area contributed by atoms with Crippen molar-refractivity contribution in [1.82, 2.24) is 15.2 Å². The molecule has 3 amide bonds. The number of halogens is 1. The number of rotatable bonds is 10. The van der Waals surface area contributed by atoms with E-state index >= 15 is 0 Å². The number of thiazole rings is 1. The Hall–Kier alpha value is -3.44. The molecule has 1 fully saturated rings. The molecule has 4 atom stereocenters. The maximum atomic E-state index is 13.3. The molecule has 1 saturated heterocycles. The Morgan fingerprint density at radius 1 is 1.29 bits per heavy atom. The number of β-lactam (4-membered cyclic amide) rings is 1. The van der Waals surface area contributed by atoms with Gasteiger partial charge in [-0.25, -0.2) is 14.6 Å². The number of nitrogens with zero attached hydrogens (tertiary/aromatic N) is 3. The van der Waals surface area contributed by atoms with Gasteiger partial charge in [0.25, 0.3) is 17.8 Å². The lowest BCUT2D eigenvalue weighted by atomic mass is 10.1. The van der Waals surface area contributed by atoms with Gasteiger partial charge in [0.15, 0.2) is 10.8 Å². The number of alkyl halides is 1. The Bertz CT molecular complexity index is 1320. The summed E-state index contributed by atoms with van der Waals surface area (Å²) in [7, 11) is 8.10. The molecule has 1 unspecified atom stereocenters. The van der Waals surface area contributed by atoms with Crippen molar-refractivity contribution < 1.29 is 47.1 Å². The van der Waals surface area contributed by atoms with Crippen LogP contribution in [-0.2, 0) is 48.9 Å². The van der Waals surface area contributed by atoms with Crippen LogP contribution in [0.4, 0.5) is 9.93 Å². The maximum Gasteiger partial charge on any atom is 0.413 e. The van der Waals surface area contributed by atoms with E-state index < -0.39 is 75.9 Å². The second-order valence-corrected chi connectivity index (χ2v) is 12.0. The van der Waals surface area contributed by atoms with Crippen LogP contribution in [0.15, 0.2) is 22.3 Å². The maximum absolute atomic E-state index is 13.3. The molecule has 1 aromatic rings. The molecule has 3 heterocycles. The largest absolute Gasteiger partial charge is 0.543 e. The summed E-state index contributed by atoms with van der Waals surface area (Å²) in [6, 6.07) is -1.20. The van der Waals surface area contributed by atoms with Gasteiger partial charge < -0.3 is 24.2 Å². The fraction of sp³-hybridized carbons (Fsp3) is 0.476. The fourth-order valence-electron chi connectivity index (χ4n) is 3.41. The molecule has 1 aromatic heterocycles. The van der Waals surface area contributed by atoms with Gasteiger partial charge in [-0.3, -0.25) is 28.8 Å². The molecule has 216 valence electrons. The summed E-state index contributed by atoms with van der Waals surface area (Å²) in [6.07, 6.45) is -1.92. The van der Waals surface area contributed by atoms with Crippen molar-refractivity contribution in [1.29, 1.82) is 0 Å². The zero-order chi connectivity index (χ0) is 30.5. The first-order valence-corrected chi connectivity index (χ1v) is 14.3. The first-order chi connectivity index (χ1) is 19.3. The molecule has 15 nitrogen and oxygen atoms in total. The molecule has 2 aliphatic heterocycles. The Morgan fingerprint density at radius 3 is 2.61 bits per heavy atom. The van der Waals surface area contributed by atoms with Crippen molar-refractivity contribution in [2.45, 2.75) is 50.3 Å². The lowest BCUT2D eigenvalue weighted by Crippen LogP contribution is -2.72. The normalized spacial score (nSPS) is 20.9. The molecule has 0 aromatic carbocycles. The number of hydrogen-bond acceptors (Lipinski definition) is 13. The van der Waals surface area contributed by atoms with E-state index in [1.54, 1.807) is 20.8 Å². The van der Waals surface area contributed by atoms with Gasteiger partial charge in [0.05, 0.1) is 17.2 Å². The quantitative estimate of drug-likeness (QED) is 0.115. The number of carbonyl (C=O) groups excluding carboxylic acids is 5. The molecule has 20 heteroatoms. The number of ether oxygens (including phenoxy) is 1. The highest BCUT2D eigenvalue weighted by atomic mass is 35.5. The van der Waals surface area contributed by atoms with Crippen LogP contribution in [0.3, 0.4) is 0 Å². The minimum Gasteiger partial charge on any atom is -0.543 e. The van der Waals surface area contributed by atoms with Gasteiger partial charge in [-0.05, 0) is 26.3 Å². The number of oxime groups is 1. The topological polar surface area (TPSA) is 192 Å². The lowest BCUT2D eigenvalue weighted by Gasteiger charge is -2.46. The summed E-state index contributed by atoms with van der Waals surface area (Å²) in [5.74, 6) is -3.74. The van der Waals surface area contributed by atoms with Crippen molar-refractivity contribution in [3.8, 4) is 0 Å². The van der Waals surface area contributed by atoms with Gasteiger partial charge in [-0.2, -0.15) is 0 Å². The molecule has 0 aliphatic carbocycles. The Balaban J connectivity index is 1.87. The van der Waals surface area contributed by atoms with Crippen molar-refractivity contribution in [3.05, 3.63) is 22.8 Å². The van der Waals surface area contributed by atoms with E-state index in [0.717, 1.165) is 11.3 Å². The van der Waals surface area contributed by atoms with Crippen LogP contribution in [-0.4, -0.2) is 101 Å². The monoisotopic (exact) mass is 625 g/mol. The molecule has 0 saturated carbocycles. The third kappa shape index (κ3) is 8.07. The van der Waals surface area contributed by atoms with Crippen LogP contribution >= 0.6 is 22.9 Å².